The number of anilines is 2. The van der Waals surface area contributed by atoms with Crippen LogP contribution in [0.15, 0.2) is 48.5 Å². The fourth-order valence-corrected chi connectivity index (χ4v) is 4.59. The number of aromatic hydroxyl groups is 2. The number of benzene rings is 3. The highest BCUT2D eigenvalue weighted by Gasteiger charge is 2.30. The lowest BCUT2D eigenvalue weighted by Gasteiger charge is -2.32. The molecule has 6 N–H and O–H groups in total. The Morgan fingerprint density at radius 3 is 1.26 bits per heavy atom. The fraction of sp³-hybridized carbons (Fsp3) is 0.400. The molecule has 0 saturated heterocycles. The van der Waals surface area contributed by atoms with Crippen molar-refractivity contribution < 1.29 is 10.2 Å². The summed E-state index contributed by atoms with van der Waals surface area (Å²) < 4.78 is 0. The van der Waals surface area contributed by atoms with Crippen molar-refractivity contribution in [2.75, 3.05) is 11.5 Å². The van der Waals surface area contributed by atoms with Crippen molar-refractivity contribution in [2.45, 2.75) is 78.1 Å². The molecule has 0 unspecified atom stereocenters. The number of rotatable bonds is 6. The lowest BCUT2D eigenvalue weighted by molar-refractivity contribution is 0.466. The van der Waals surface area contributed by atoms with Crippen LogP contribution in [-0.4, -0.2) is 10.2 Å². The lowest BCUT2D eigenvalue weighted by atomic mass is 9.72. The molecule has 4 nitrogen and oxygen atoms in total. The number of phenolic OH excluding ortho intramolecular Hbond substituents is 2. The van der Waals surface area contributed by atoms with Crippen LogP contribution >= 0.6 is 0 Å². The van der Waals surface area contributed by atoms with Crippen LogP contribution in [0.3, 0.4) is 0 Å². The van der Waals surface area contributed by atoms with Gasteiger partial charge in [0.2, 0.25) is 0 Å². The SMILES string of the molecule is CC(C)c1cc(C(C)(C)c2cccc(C(C)(C)c3cc(N)c(O)c(C(C)C)c3)c2)cc(N)c1O. The second kappa shape index (κ2) is 8.90. The molecule has 0 aromatic heterocycles. The van der Waals surface area contributed by atoms with E-state index in [-0.39, 0.29) is 34.2 Å². The van der Waals surface area contributed by atoms with E-state index in [1.165, 1.54) is 0 Å². The third-order valence-corrected chi connectivity index (χ3v) is 7.33. The van der Waals surface area contributed by atoms with Gasteiger partial charge in [0.25, 0.3) is 0 Å². The number of hydrogen-bond donors (Lipinski definition) is 4. The first kappa shape index (κ1) is 25.5. The minimum absolute atomic E-state index is 0.165. The highest BCUT2D eigenvalue weighted by molar-refractivity contribution is 5.62. The van der Waals surface area contributed by atoms with Crippen LogP contribution in [0.5, 0.6) is 11.5 Å². The van der Waals surface area contributed by atoms with E-state index in [1.807, 2.05) is 12.1 Å². The molecule has 0 aliphatic rings. The number of nitrogens with two attached hydrogens (primary N) is 2. The quantitative estimate of drug-likeness (QED) is 0.232. The summed E-state index contributed by atoms with van der Waals surface area (Å²) in [4.78, 5) is 0. The Balaban J connectivity index is 2.12. The van der Waals surface area contributed by atoms with E-state index in [2.05, 4.69) is 91.8 Å². The third-order valence-electron chi connectivity index (χ3n) is 7.33. The summed E-state index contributed by atoms with van der Waals surface area (Å²) >= 11 is 0. The first-order valence-electron chi connectivity index (χ1n) is 12.0. The van der Waals surface area contributed by atoms with Gasteiger partial charge in [-0.1, -0.05) is 91.8 Å². The molecule has 182 valence electrons. The molecule has 3 aromatic rings. The molecule has 0 spiro atoms. The molecule has 0 atom stereocenters. The zero-order valence-electron chi connectivity index (χ0n) is 21.8. The van der Waals surface area contributed by atoms with Crippen LogP contribution in [-0.2, 0) is 10.8 Å². The zero-order chi connectivity index (χ0) is 25.6. The van der Waals surface area contributed by atoms with E-state index in [0.29, 0.717) is 11.4 Å². The molecule has 3 aromatic carbocycles. The molecular weight excluding hydrogens is 420 g/mol. The second-order valence-corrected chi connectivity index (χ2v) is 11.1. The van der Waals surface area contributed by atoms with Crippen molar-refractivity contribution in [3.8, 4) is 11.5 Å². The first-order valence-corrected chi connectivity index (χ1v) is 12.0. The van der Waals surface area contributed by atoms with Crippen molar-refractivity contribution in [3.05, 3.63) is 81.9 Å². The van der Waals surface area contributed by atoms with Gasteiger partial charge in [0, 0.05) is 10.8 Å². The molecule has 0 aliphatic carbocycles. The Hall–Kier alpha value is -3.14. The summed E-state index contributed by atoms with van der Waals surface area (Å²) in [5.74, 6) is 0.683. The highest BCUT2D eigenvalue weighted by atomic mass is 16.3. The number of phenols is 2. The van der Waals surface area contributed by atoms with Gasteiger partial charge < -0.3 is 21.7 Å². The lowest BCUT2D eigenvalue weighted by Crippen LogP contribution is -2.23. The summed E-state index contributed by atoms with van der Waals surface area (Å²) in [7, 11) is 0. The number of nitrogen functional groups attached to an aromatic ring is 2. The monoisotopic (exact) mass is 460 g/mol. The Bertz CT molecular complexity index is 1120. The van der Waals surface area contributed by atoms with Gasteiger partial charge in [-0.15, -0.1) is 0 Å². The van der Waals surface area contributed by atoms with Gasteiger partial charge in [-0.3, -0.25) is 0 Å². The molecule has 0 heterocycles. The van der Waals surface area contributed by atoms with Gasteiger partial charge in [-0.05, 0) is 57.3 Å². The predicted molar refractivity (Wildman–Crippen MR) is 144 cm³/mol. The molecule has 0 saturated carbocycles. The van der Waals surface area contributed by atoms with Gasteiger partial charge >= 0.3 is 0 Å². The first-order chi connectivity index (χ1) is 15.7. The fourth-order valence-electron chi connectivity index (χ4n) is 4.59. The standard InChI is InChI=1S/C30H40N2O2/c1-17(2)23-13-21(15-25(31)27(23)33)29(5,6)19-10-9-11-20(12-19)30(7,8)22-14-24(18(3)4)28(34)26(32)16-22/h9-18,33-34H,31-32H2,1-8H3. The highest BCUT2D eigenvalue weighted by Crippen LogP contribution is 2.42. The van der Waals surface area contributed by atoms with Gasteiger partial charge in [0.05, 0.1) is 11.4 Å². The van der Waals surface area contributed by atoms with E-state index in [4.69, 9.17) is 11.5 Å². The maximum absolute atomic E-state index is 10.5. The van der Waals surface area contributed by atoms with Gasteiger partial charge in [-0.2, -0.15) is 0 Å². The molecule has 0 bridgehead atoms. The minimum Gasteiger partial charge on any atom is -0.505 e. The topological polar surface area (TPSA) is 92.5 Å². The molecule has 3 rings (SSSR count). The van der Waals surface area contributed by atoms with E-state index < -0.39 is 0 Å². The maximum Gasteiger partial charge on any atom is 0.141 e. The largest absolute Gasteiger partial charge is 0.505 e. The predicted octanol–water partition coefficient (Wildman–Crippen LogP) is 7.16. The average molecular weight is 461 g/mol. The molecule has 0 fully saturated rings. The van der Waals surface area contributed by atoms with Crippen LogP contribution in [0.2, 0.25) is 0 Å². The summed E-state index contributed by atoms with van der Waals surface area (Å²) in [6, 6.07) is 16.5. The maximum atomic E-state index is 10.5. The third kappa shape index (κ3) is 4.46. The molecular formula is C30H40N2O2. The Morgan fingerprint density at radius 2 is 0.941 bits per heavy atom. The summed E-state index contributed by atoms with van der Waals surface area (Å²) in [5.41, 5.74) is 18.7. The molecule has 0 amide bonds. The Morgan fingerprint density at radius 1 is 0.588 bits per heavy atom. The van der Waals surface area contributed by atoms with Crippen molar-refractivity contribution in [1.29, 1.82) is 0 Å². The average Bonchev–Trinajstić information content (AvgIpc) is 2.76. The van der Waals surface area contributed by atoms with Crippen molar-refractivity contribution in [1.82, 2.24) is 0 Å². The zero-order valence-corrected chi connectivity index (χ0v) is 21.8. The second-order valence-electron chi connectivity index (χ2n) is 11.1. The van der Waals surface area contributed by atoms with E-state index >= 15 is 0 Å². The van der Waals surface area contributed by atoms with Crippen molar-refractivity contribution in [2.24, 2.45) is 0 Å². The van der Waals surface area contributed by atoms with Crippen LogP contribution < -0.4 is 11.5 Å². The summed E-state index contributed by atoms with van der Waals surface area (Å²) in [6.07, 6.45) is 0. The van der Waals surface area contributed by atoms with Crippen molar-refractivity contribution in [3.63, 3.8) is 0 Å². The van der Waals surface area contributed by atoms with Gasteiger partial charge in [0.15, 0.2) is 0 Å². The summed E-state index contributed by atoms with van der Waals surface area (Å²) in [5, 5.41) is 20.9. The Kier molecular flexibility index (Phi) is 6.67. The van der Waals surface area contributed by atoms with E-state index in [9.17, 15) is 10.2 Å². The minimum atomic E-state index is -0.325. The molecule has 4 heteroatoms. The number of hydrogen-bond acceptors (Lipinski definition) is 4. The van der Waals surface area contributed by atoms with Gasteiger partial charge in [-0.25, -0.2) is 0 Å². The summed E-state index contributed by atoms with van der Waals surface area (Å²) in [6.45, 7) is 17.0. The molecule has 34 heavy (non-hydrogen) atoms. The van der Waals surface area contributed by atoms with Crippen LogP contribution in [0.4, 0.5) is 11.4 Å². The van der Waals surface area contributed by atoms with Gasteiger partial charge in [0.1, 0.15) is 11.5 Å². The van der Waals surface area contributed by atoms with Crippen LogP contribution in [0.1, 0.15) is 101 Å². The van der Waals surface area contributed by atoms with Crippen molar-refractivity contribution >= 4 is 11.4 Å². The normalized spacial score (nSPS) is 12.5. The Labute approximate surface area is 204 Å². The molecule has 0 radical (unpaired) electrons. The van der Waals surface area contributed by atoms with E-state index in [1.54, 1.807) is 0 Å². The smallest absolute Gasteiger partial charge is 0.141 e. The molecule has 0 aliphatic heterocycles. The van der Waals surface area contributed by atoms with Crippen LogP contribution in [0, 0.1) is 0 Å². The van der Waals surface area contributed by atoms with E-state index in [0.717, 1.165) is 33.4 Å². The van der Waals surface area contributed by atoms with Crippen LogP contribution in [0.25, 0.3) is 0 Å².